The highest BCUT2D eigenvalue weighted by molar-refractivity contribution is 5.04. The molecule has 1 aliphatic heterocycles. The maximum Gasteiger partial charge on any atom is 0.253 e. The summed E-state index contributed by atoms with van der Waals surface area (Å²) in [5.74, 6) is -2.67. The molecule has 9 heavy (non-hydrogen) atoms. The molecule has 52 valence electrons. The van der Waals surface area contributed by atoms with Gasteiger partial charge in [-0.25, -0.2) is 8.78 Å². The van der Waals surface area contributed by atoms with Gasteiger partial charge in [-0.3, -0.25) is 0 Å². The minimum absolute atomic E-state index is 0.0671. The Bertz CT molecular complexity index is 135. The quantitative estimate of drug-likeness (QED) is 0.520. The number of fused-ring (bicyclic) bond motifs is 1. The molecule has 1 saturated carbocycles. The lowest BCUT2D eigenvalue weighted by atomic mass is 9.76. The molecule has 2 fully saturated rings. The van der Waals surface area contributed by atoms with Crippen LogP contribution in [0.3, 0.4) is 0 Å². The van der Waals surface area contributed by atoms with Crippen LogP contribution < -0.4 is 5.32 Å². The van der Waals surface area contributed by atoms with E-state index in [-0.39, 0.29) is 18.4 Å². The van der Waals surface area contributed by atoms with Crippen LogP contribution in [-0.4, -0.2) is 18.5 Å². The molecule has 0 spiro atoms. The fourth-order valence-corrected chi connectivity index (χ4v) is 1.77. The van der Waals surface area contributed by atoms with Crippen LogP contribution in [-0.2, 0) is 0 Å². The number of rotatable bonds is 0. The monoisotopic (exact) mass is 133 g/mol. The average Bonchev–Trinajstić information content (AvgIpc) is 2.10. The molecule has 2 atom stereocenters. The van der Waals surface area contributed by atoms with Crippen LogP contribution in [0.5, 0.6) is 0 Å². The van der Waals surface area contributed by atoms with Crippen LogP contribution in [0, 0.1) is 5.92 Å². The van der Waals surface area contributed by atoms with E-state index in [1.807, 2.05) is 0 Å². The largest absolute Gasteiger partial charge is 0.313 e. The van der Waals surface area contributed by atoms with E-state index in [2.05, 4.69) is 5.32 Å². The van der Waals surface area contributed by atoms with E-state index in [9.17, 15) is 8.78 Å². The van der Waals surface area contributed by atoms with Gasteiger partial charge in [0.05, 0.1) is 0 Å². The molecule has 0 aromatic rings. The molecule has 2 unspecified atom stereocenters. The summed E-state index contributed by atoms with van der Waals surface area (Å²) in [6.45, 7) is 0.783. The number of hydrogen-bond acceptors (Lipinski definition) is 1. The van der Waals surface area contributed by atoms with Gasteiger partial charge in [-0.15, -0.1) is 0 Å². The third-order valence-electron chi connectivity index (χ3n) is 2.38. The van der Waals surface area contributed by atoms with Crippen LogP contribution in [0.2, 0.25) is 0 Å². The van der Waals surface area contributed by atoms with Gasteiger partial charge in [-0.05, 0) is 13.0 Å². The molecule has 2 aliphatic rings. The van der Waals surface area contributed by atoms with Crippen molar-refractivity contribution in [2.75, 3.05) is 6.54 Å². The molecule has 1 nitrogen and oxygen atoms in total. The highest BCUT2D eigenvalue weighted by Crippen LogP contribution is 2.47. The van der Waals surface area contributed by atoms with Gasteiger partial charge in [0.25, 0.3) is 5.92 Å². The van der Waals surface area contributed by atoms with Crippen LogP contribution in [0.4, 0.5) is 8.78 Å². The molecule has 1 heterocycles. The molecule has 1 N–H and O–H groups in total. The van der Waals surface area contributed by atoms with E-state index in [0.29, 0.717) is 6.42 Å². The number of alkyl halides is 2. The van der Waals surface area contributed by atoms with Crippen molar-refractivity contribution in [1.82, 2.24) is 5.32 Å². The fraction of sp³-hybridized carbons (Fsp3) is 1.00. The lowest BCUT2D eigenvalue weighted by molar-refractivity contribution is -0.138. The first kappa shape index (κ1) is 5.59. The van der Waals surface area contributed by atoms with E-state index >= 15 is 0 Å². The summed E-state index contributed by atoms with van der Waals surface area (Å²) in [6, 6.07) is 0.139. The van der Waals surface area contributed by atoms with Gasteiger partial charge in [0.1, 0.15) is 0 Å². The van der Waals surface area contributed by atoms with Gasteiger partial charge in [0, 0.05) is 18.4 Å². The van der Waals surface area contributed by atoms with Crippen molar-refractivity contribution >= 4 is 0 Å². The van der Waals surface area contributed by atoms with Crippen molar-refractivity contribution in [2.45, 2.75) is 24.8 Å². The summed E-state index contributed by atoms with van der Waals surface area (Å²) in [5.41, 5.74) is 0. The maximum absolute atomic E-state index is 12.5. The molecular formula is C6H9F2N. The first-order valence-corrected chi connectivity index (χ1v) is 3.31. The standard InChI is InChI=1S/C6H9F2N/c7-6(8)3-5-4(6)1-2-9-5/h4-5,9H,1-3H2. The number of nitrogens with one attached hydrogen (secondary N) is 1. The van der Waals surface area contributed by atoms with Crippen LogP contribution >= 0.6 is 0 Å². The lowest BCUT2D eigenvalue weighted by Gasteiger charge is -2.39. The van der Waals surface area contributed by atoms with E-state index in [1.165, 1.54) is 0 Å². The number of halogens is 2. The molecule has 2 rings (SSSR count). The normalized spacial score (nSPS) is 46.0. The maximum atomic E-state index is 12.5. The van der Waals surface area contributed by atoms with Gasteiger partial charge in [0.2, 0.25) is 0 Å². The average molecular weight is 133 g/mol. The van der Waals surface area contributed by atoms with Crippen molar-refractivity contribution in [3.8, 4) is 0 Å². The summed E-state index contributed by atoms with van der Waals surface area (Å²) in [5, 5.41) is 3.03. The van der Waals surface area contributed by atoms with Gasteiger partial charge < -0.3 is 5.32 Å². The van der Waals surface area contributed by atoms with Crippen molar-refractivity contribution in [3.05, 3.63) is 0 Å². The SMILES string of the molecule is FC1(F)CC2NCCC21. The third-order valence-corrected chi connectivity index (χ3v) is 2.38. The molecule has 0 aromatic heterocycles. The van der Waals surface area contributed by atoms with Gasteiger partial charge >= 0.3 is 0 Å². The summed E-state index contributed by atoms with van der Waals surface area (Å²) in [7, 11) is 0. The third kappa shape index (κ3) is 0.611. The van der Waals surface area contributed by atoms with Gasteiger partial charge in [-0.2, -0.15) is 0 Å². The van der Waals surface area contributed by atoms with Gasteiger partial charge in [0.15, 0.2) is 0 Å². The summed E-state index contributed by atoms with van der Waals surface area (Å²) in [4.78, 5) is 0. The minimum Gasteiger partial charge on any atom is -0.313 e. The van der Waals surface area contributed by atoms with E-state index in [4.69, 9.17) is 0 Å². The predicted molar refractivity (Wildman–Crippen MR) is 29.5 cm³/mol. The molecule has 0 radical (unpaired) electrons. The zero-order valence-electron chi connectivity index (χ0n) is 5.03. The Balaban J connectivity index is 2.09. The fourth-order valence-electron chi connectivity index (χ4n) is 1.77. The Morgan fingerprint density at radius 3 is 2.67 bits per heavy atom. The lowest BCUT2D eigenvalue weighted by Crippen LogP contribution is -2.52. The first-order chi connectivity index (χ1) is 4.20. The Morgan fingerprint density at radius 2 is 2.22 bits per heavy atom. The zero-order valence-corrected chi connectivity index (χ0v) is 5.03. The van der Waals surface area contributed by atoms with E-state index < -0.39 is 5.92 Å². The van der Waals surface area contributed by atoms with E-state index in [0.717, 1.165) is 6.54 Å². The van der Waals surface area contributed by atoms with Crippen LogP contribution in [0.1, 0.15) is 12.8 Å². The van der Waals surface area contributed by atoms with Crippen molar-refractivity contribution in [2.24, 2.45) is 5.92 Å². The Morgan fingerprint density at radius 1 is 1.44 bits per heavy atom. The zero-order chi connectivity index (χ0) is 6.48. The smallest absolute Gasteiger partial charge is 0.253 e. The molecule has 0 amide bonds. The Labute approximate surface area is 52.4 Å². The molecule has 3 heteroatoms. The van der Waals surface area contributed by atoms with Crippen LogP contribution in [0.15, 0.2) is 0 Å². The Hall–Kier alpha value is -0.180. The van der Waals surface area contributed by atoms with Crippen molar-refractivity contribution < 1.29 is 8.78 Å². The molecular weight excluding hydrogens is 124 g/mol. The summed E-state index contributed by atoms with van der Waals surface area (Å²) < 4.78 is 24.9. The first-order valence-electron chi connectivity index (χ1n) is 3.31. The minimum atomic E-state index is -2.34. The highest BCUT2D eigenvalue weighted by Gasteiger charge is 2.57. The molecule has 1 aliphatic carbocycles. The summed E-state index contributed by atoms with van der Waals surface area (Å²) >= 11 is 0. The van der Waals surface area contributed by atoms with E-state index in [1.54, 1.807) is 0 Å². The molecule has 0 bridgehead atoms. The second kappa shape index (κ2) is 1.45. The molecule has 0 aromatic carbocycles. The summed E-state index contributed by atoms with van der Waals surface area (Å²) in [6.07, 6.45) is 0.731. The van der Waals surface area contributed by atoms with Gasteiger partial charge in [-0.1, -0.05) is 0 Å². The highest BCUT2D eigenvalue weighted by atomic mass is 19.3. The van der Waals surface area contributed by atoms with Crippen molar-refractivity contribution in [1.29, 1.82) is 0 Å². The van der Waals surface area contributed by atoms with Crippen LogP contribution in [0.25, 0.3) is 0 Å². The topological polar surface area (TPSA) is 12.0 Å². The molecule has 1 saturated heterocycles. The van der Waals surface area contributed by atoms with Crippen molar-refractivity contribution in [3.63, 3.8) is 0 Å². The predicted octanol–water partition coefficient (Wildman–Crippen LogP) is 1.00. The number of hydrogen-bond donors (Lipinski definition) is 1. The second-order valence-corrected chi connectivity index (χ2v) is 2.92. The Kier molecular flexibility index (Phi) is 0.903. The second-order valence-electron chi connectivity index (χ2n) is 2.92.